The number of hydrogen-bond donors (Lipinski definition) is 0. The Morgan fingerprint density at radius 2 is 1.88 bits per heavy atom. The number of nitrogens with zero attached hydrogens (tertiary/aromatic N) is 1. The maximum Gasteiger partial charge on any atom is 0.307 e. The average molecular weight is 370 g/mol. The molecule has 0 aliphatic rings. The molecule has 1 atom stereocenters. The van der Waals surface area contributed by atoms with Crippen LogP contribution in [-0.4, -0.2) is 11.0 Å². The molecule has 3 rings (SSSR count). The third kappa shape index (κ3) is 4.67. The summed E-state index contributed by atoms with van der Waals surface area (Å²) < 4.78 is 19.2. The molecule has 0 saturated carbocycles. The average Bonchev–Trinajstić information content (AvgIpc) is 2.66. The van der Waals surface area contributed by atoms with Crippen molar-refractivity contribution >= 4 is 17.6 Å². The molecule has 1 unspecified atom stereocenters. The minimum Gasteiger partial charge on any atom is -0.451 e. The summed E-state index contributed by atoms with van der Waals surface area (Å²) in [7, 11) is 0. The molecule has 5 heteroatoms. The van der Waals surface area contributed by atoms with Gasteiger partial charge in [-0.2, -0.15) is 0 Å². The molecule has 0 saturated heterocycles. The van der Waals surface area contributed by atoms with Crippen LogP contribution in [-0.2, 0) is 16.0 Å². The fourth-order valence-electron chi connectivity index (χ4n) is 2.63. The van der Waals surface area contributed by atoms with Crippen molar-refractivity contribution < 1.29 is 13.9 Å². The van der Waals surface area contributed by atoms with E-state index in [4.69, 9.17) is 16.3 Å². The molecule has 0 aliphatic heterocycles. The maximum atomic E-state index is 13.6. The van der Waals surface area contributed by atoms with Crippen molar-refractivity contribution in [2.24, 2.45) is 0 Å². The van der Waals surface area contributed by atoms with Crippen molar-refractivity contribution in [2.45, 2.75) is 18.9 Å². The minimum atomic E-state index is -0.759. The standard InChI is InChI=1S/C21H17ClFNO2/c22-18-9-2-1-6-15(18)11-12-20(25)26-21(19-10-3-4-13-24-19)16-7-5-8-17(23)14-16/h1-10,13-14,21H,11-12H2. The van der Waals surface area contributed by atoms with E-state index < -0.39 is 17.9 Å². The van der Waals surface area contributed by atoms with Crippen molar-refractivity contribution in [3.63, 3.8) is 0 Å². The highest BCUT2D eigenvalue weighted by atomic mass is 35.5. The van der Waals surface area contributed by atoms with Gasteiger partial charge in [-0.1, -0.05) is 48.0 Å². The van der Waals surface area contributed by atoms with Crippen molar-refractivity contribution in [3.05, 3.63) is 101 Å². The molecule has 2 aromatic carbocycles. The number of aryl methyl sites for hydroxylation is 1. The number of carbonyl (C=O) groups excluding carboxylic acids is 1. The number of rotatable bonds is 6. The van der Waals surface area contributed by atoms with Crippen LogP contribution in [0.1, 0.15) is 29.3 Å². The Bertz CT molecular complexity index is 886. The summed E-state index contributed by atoms with van der Waals surface area (Å²) in [4.78, 5) is 16.6. The van der Waals surface area contributed by atoms with Gasteiger partial charge in [0.2, 0.25) is 0 Å². The predicted molar refractivity (Wildman–Crippen MR) is 98.3 cm³/mol. The highest BCUT2D eigenvalue weighted by molar-refractivity contribution is 6.31. The number of halogens is 2. The Labute approximate surface area is 156 Å². The van der Waals surface area contributed by atoms with Crippen LogP contribution >= 0.6 is 11.6 Å². The summed E-state index contributed by atoms with van der Waals surface area (Å²) >= 11 is 6.12. The summed E-state index contributed by atoms with van der Waals surface area (Å²) in [6, 6.07) is 18.7. The first-order valence-electron chi connectivity index (χ1n) is 8.23. The van der Waals surface area contributed by atoms with Gasteiger partial charge in [0.05, 0.1) is 5.69 Å². The molecule has 3 nitrogen and oxygen atoms in total. The number of carbonyl (C=O) groups is 1. The van der Waals surface area contributed by atoms with E-state index in [1.54, 1.807) is 42.6 Å². The second-order valence-corrected chi connectivity index (χ2v) is 6.18. The minimum absolute atomic E-state index is 0.169. The molecule has 3 aromatic rings. The SMILES string of the molecule is O=C(CCc1ccccc1Cl)OC(c1cccc(F)c1)c1ccccn1. The summed E-state index contributed by atoms with van der Waals surface area (Å²) in [5.41, 5.74) is 1.96. The largest absolute Gasteiger partial charge is 0.451 e. The van der Waals surface area contributed by atoms with Crippen molar-refractivity contribution in [2.75, 3.05) is 0 Å². The molecule has 0 N–H and O–H groups in total. The lowest BCUT2D eigenvalue weighted by Crippen LogP contribution is -2.14. The maximum absolute atomic E-state index is 13.6. The molecule has 1 heterocycles. The van der Waals surface area contributed by atoms with Gasteiger partial charge in [0.25, 0.3) is 0 Å². The lowest BCUT2D eigenvalue weighted by atomic mass is 10.1. The molecule has 1 aromatic heterocycles. The number of pyridine rings is 1. The van der Waals surface area contributed by atoms with Crippen LogP contribution in [0, 0.1) is 5.82 Å². The molecule has 132 valence electrons. The highest BCUT2D eigenvalue weighted by Gasteiger charge is 2.21. The molecule has 0 radical (unpaired) electrons. The lowest BCUT2D eigenvalue weighted by molar-refractivity contribution is -0.147. The van der Waals surface area contributed by atoms with E-state index >= 15 is 0 Å². The van der Waals surface area contributed by atoms with E-state index in [0.29, 0.717) is 22.7 Å². The van der Waals surface area contributed by atoms with Gasteiger partial charge >= 0.3 is 5.97 Å². The van der Waals surface area contributed by atoms with Gasteiger partial charge in [-0.3, -0.25) is 9.78 Å². The van der Waals surface area contributed by atoms with E-state index in [1.165, 1.54) is 12.1 Å². The van der Waals surface area contributed by atoms with Gasteiger partial charge in [-0.15, -0.1) is 0 Å². The highest BCUT2D eigenvalue weighted by Crippen LogP contribution is 2.26. The quantitative estimate of drug-likeness (QED) is 0.565. The zero-order valence-corrected chi connectivity index (χ0v) is 14.7. The second-order valence-electron chi connectivity index (χ2n) is 5.77. The first-order chi connectivity index (χ1) is 12.6. The Kier molecular flexibility index (Phi) is 5.97. The number of hydrogen-bond acceptors (Lipinski definition) is 3. The summed E-state index contributed by atoms with van der Waals surface area (Å²) in [6.45, 7) is 0. The van der Waals surface area contributed by atoms with Gasteiger partial charge in [-0.05, 0) is 42.3 Å². The van der Waals surface area contributed by atoms with Gasteiger partial charge in [0.15, 0.2) is 6.10 Å². The first kappa shape index (κ1) is 18.1. The van der Waals surface area contributed by atoms with E-state index in [2.05, 4.69) is 4.98 Å². The fraction of sp³-hybridized carbons (Fsp3) is 0.143. The Morgan fingerprint density at radius 1 is 1.08 bits per heavy atom. The van der Waals surface area contributed by atoms with Crippen LogP contribution in [0.4, 0.5) is 4.39 Å². The third-order valence-corrected chi connectivity index (χ3v) is 4.28. The fourth-order valence-corrected chi connectivity index (χ4v) is 2.86. The zero-order chi connectivity index (χ0) is 18.4. The number of aromatic nitrogens is 1. The van der Waals surface area contributed by atoms with Gasteiger partial charge in [0.1, 0.15) is 5.82 Å². The lowest BCUT2D eigenvalue weighted by Gasteiger charge is -2.18. The van der Waals surface area contributed by atoms with E-state index in [-0.39, 0.29) is 6.42 Å². The van der Waals surface area contributed by atoms with E-state index in [9.17, 15) is 9.18 Å². The monoisotopic (exact) mass is 369 g/mol. The Morgan fingerprint density at radius 3 is 2.62 bits per heavy atom. The van der Waals surface area contributed by atoms with Crippen LogP contribution in [0.15, 0.2) is 72.9 Å². The predicted octanol–water partition coefficient (Wildman–Crippen LogP) is 5.14. The molecular weight excluding hydrogens is 353 g/mol. The number of esters is 1. The summed E-state index contributed by atoms with van der Waals surface area (Å²) in [5.74, 6) is -0.791. The summed E-state index contributed by atoms with van der Waals surface area (Å²) in [5, 5.41) is 0.617. The van der Waals surface area contributed by atoms with Crippen LogP contribution in [0.2, 0.25) is 5.02 Å². The Balaban J connectivity index is 1.75. The van der Waals surface area contributed by atoms with Crippen molar-refractivity contribution in [1.29, 1.82) is 0 Å². The molecule has 0 amide bonds. The first-order valence-corrected chi connectivity index (χ1v) is 8.60. The van der Waals surface area contributed by atoms with Crippen LogP contribution in [0.25, 0.3) is 0 Å². The second kappa shape index (κ2) is 8.59. The van der Waals surface area contributed by atoms with Crippen molar-refractivity contribution in [3.8, 4) is 0 Å². The molecule has 0 spiro atoms. The molecular formula is C21H17ClFNO2. The third-order valence-electron chi connectivity index (χ3n) is 3.91. The molecule has 26 heavy (non-hydrogen) atoms. The van der Waals surface area contributed by atoms with Crippen LogP contribution in [0.5, 0.6) is 0 Å². The van der Waals surface area contributed by atoms with E-state index in [0.717, 1.165) is 5.56 Å². The normalized spacial score (nSPS) is 11.8. The van der Waals surface area contributed by atoms with Gasteiger partial charge in [0, 0.05) is 23.2 Å². The van der Waals surface area contributed by atoms with Crippen LogP contribution < -0.4 is 0 Å². The van der Waals surface area contributed by atoms with Gasteiger partial charge in [-0.25, -0.2) is 4.39 Å². The van der Waals surface area contributed by atoms with Crippen molar-refractivity contribution in [1.82, 2.24) is 4.98 Å². The number of ether oxygens (including phenoxy) is 1. The molecule has 0 bridgehead atoms. The van der Waals surface area contributed by atoms with Gasteiger partial charge < -0.3 is 4.74 Å². The molecule has 0 fully saturated rings. The van der Waals surface area contributed by atoms with E-state index in [1.807, 2.05) is 18.2 Å². The number of benzene rings is 2. The molecule has 0 aliphatic carbocycles. The van der Waals surface area contributed by atoms with Crippen LogP contribution in [0.3, 0.4) is 0 Å². The summed E-state index contributed by atoms with van der Waals surface area (Å²) in [6.07, 6.45) is 1.49. The Hall–Kier alpha value is -2.72. The topological polar surface area (TPSA) is 39.2 Å². The zero-order valence-electron chi connectivity index (χ0n) is 13.9. The smallest absolute Gasteiger partial charge is 0.307 e.